The smallest absolute Gasteiger partial charge is 0.234 e. The number of nitrogens with zero attached hydrogens (tertiary/aromatic N) is 2. The fourth-order valence-electron chi connectivity index (χ4n) is 2.48. The summed E-state index contributed by atoms with van der Waals surface area (Å²) in [5, 5.41) is 4.05. The number of halogens is 1. The summed E-state index contributed by atoms with van der Waals surface area (Å²) >= 11 is 7.46. The van der Waals surface area contributed by atoms with Crippen LogP contribution in [0, 0.1) is 6.92 Å². The van der Waals surface area contributed by atoms with Gasteiger partial charge in [0.25, 0.3) is 0 Å². The molecule has 2 aromatic carbocycles. The molecule has 134 valence electrons. The number of aromatic nitrogens is 2. The minimum Gasteiger partial charge on any atom is -0.495 e. The number of hydrogen-bond acceptors (Lipinski definition) is 4. The summed E-state index contributed by atoms with van der Waals surface area (Å²) in [6, 6.07) is 13.2. The maximum absolute atomic E-state index is 12.2. The number of para-hydroxylation sites is 1. The molecule has 0 atom stereocenters. The maximum Gasteiger partial charge on any atom is 0.234 e. The second-order valence-electron chi connectivity index (χ2n) is 5.55. The van der Waals surface area contributed by atoms with Crippen LogP contribution in [-0.2, 0) is 4.79 Å². The third-order valence-corrected chi connectivity index (χ3v) is 5.01. The standard InChI is InChI=1S/C19H18ClN3O2S/c1-13-5-3-4-6-16(13)23-10-9-21-19(23)26-12-18(24)22-14-7-8-17(25-2)15(20)11-14/h3-11H,12H2,1-2H3,(H,22,24). The number of thioether (sulfide) groups is 1. The number of amides is 1. The minimum atomic E-state index is -0.129. The molecule has 5 nitrogen and oxygen atoms in total. The highest BCUT2D eigenvalue weighted by molar-refractivity contribution is 7.99. The van der Waals surface area contributed by atoms with Gasteiger partial charge in [-0.05, 0) is 36.8 Å². The number of benzene rings is 2. The molecule has 0 aliphatic rings. The average Bonchev–Trinajstić information content (AvgIpc) is 3.09. The van der Waals surface area contributed by atoms with Crippen molar-refractivity contribution in [3.05, 3.63) is 65.4 Å². The van der Waals surface area contributed by atoms with Gasteiger partial charge in [0.05, 0.1) is 23.6 Å². The van der Waals surface area contributed by atoms with Gasteiger partial charge in [-0.25, -0.2) is 4.98 Å². The molecule has 0 fully saturated rings. The number of ether oxygens (including phenoxy) is 1. The fraction of sp³-hybridized carbons (Fsp3) is 0.158. The lowest BCUT2D eigenvalue weighted by molar-refractivity contribution is -0.113. The Balaban J connectivity index is 1.65. The Hall–Kier alpha value is -2.44. The molecule has 0 aliphatic heterocycles. The number of hydrogen-bond donors (Lipinski definition) is 1. The quantitative estimate of drug-likeness (QED) is 0.629. The second kappa shape index (κ2) is 8.29. The van der Waals surface area contributed by atoms with Crippen LogP contribution < -0.4 is 10.1 Å². The lowest BCUT2D eigenvalue weighted by atomic mass is 10.2. The predicted molar refractivity (Wildman–Crippen MR) is 106 cm³/mol. The highest BCUT2D eigenvalue weighted by Gasteiger charge is 2.11. The number of rotatable bonds is 6. The SMILES string of the molecule is COc1ccc(NC(=O)CSc2nccn2-c2ccccc2C)cc1Cl. The van der Waals surface area contributed by atoms with Crippen LogP contribution in [-0.4, -0.2) is 28.3 Å². The lowest BCUT2D eigenvalue weighted by Crippen LogP contribution is -2.14. The lowest BCUT2D eigenvalue weighted by Gasteiger charge is -2.10. The Kier molecular flexibility index (Phi) is 5.85. The summed E-state index contributed by atoms with van der Waals surface area (Å²) in [6.07, 6.45) is 3.63. The number of carbonyl (C=O) groups excluding carboxylic acids is 1. The Morgan fingerprint density at radius 2 is 2.12 bits per heavy atom. The molecule has 0 radical (unpaired) electrons. The van der Waals surface area contributed by atoms with Crippen LogP contribution in [0.5, 0.6) is 5.75 Å². The first-order chi connectivity index (χ1) is 12.6. The number of methoxy groups -OCH3 is 1. The topological polar surface area (TPSA) is 56.1 Å². The van der Waals surface area contributed by atoms with E-state index in [1.807, 2.05) is 42.0 Å². The predicted octanol–water partition coefficient (Wildman–Crippen LogP) is 4.57. The van der Waals surface area contributed by atoms with E-state index in [1.54, 1.807) is 31.5 Å². The molecule has 26 heavy (non-hydrogen) atoms. The van der Waals surface area contributed by atoms with E-state index in [2.05, 4.69) is 10.3 Å². The van der Waals surface area contributed by atoms with Crippen LogP contribution >= 0.6 is 23.4 Å². The summed E-state index contributed by atoms with van der Waals surface area (Å²) in [5.41, 5.74) is 2.82. The molecule has 0 saturated carbocycles. The summed E-state index contributed by atoms with van der Waals surface area (Å²) < 4.78 is 7.09. The first kappa shape index (κ1) is 18.4. The van der Waals surface area contributed by atoms with E-state index in [0.717, 1.165) is 16.4 Å². The van der Waals surface area contributed by atoms with E-state index in [-0.39, 0.29) is 11.7 Å². The van der Waals surface area contributed by atoms with Gasteiger partial charge >= 0.3 is 0 Å². The molecule has 7 heteroatoms. The van der Waals surface area contributed by atoms with Crippen LogP contribution in [0.1, 0.15) is 5.56 Å². The Morgan fingerprint density at radius 1 is 1.31 bits per heavy atom. The summed E-state index contributed by atoms with van der Waals surface area (Å²) in [4.78, 5) is 16.6. The van der Waals surface area contributed by atoms with Crippen LogP contribution in [0.4, 0.5) is 5.69 Å². The molecule has 0 saturated heterocycles. The first-order valence-corrected chi connectivity index (χ1v) is 9.30. The third kappa shape index (κ3) is 4.20. The van der Waals surface area contributed by atoms with Gasteiger partial charge in [0, 0.05) is 18.1 Å². The molecular weight excluding hydrogens is 370 g/mol. The molecule has 1 N–H and O–H groups in total. The molecule has 0 unspecified atom stereocenters. The minimum absolute atomic E-state index is 0.129. The van der Waals surface area contributed by atoms with Crippen molar-refractivity contribution in [2.75, 3.05) is 18.2 Å². The van der Waals surface area contributed by atoms with E-state index < -0.39 is 0 Å². The van der Waals surface area contributed by atoms with Crippen LogP contribution in [0.15, 0.2) is 60.0 Å². The van der Waals surface area contributed by atoms with E-state index >= 15 is 0 Å². The normalized spacial score (nSPS) is 10.6. The van der Waals surface area contributed by atoms with Gasteiger partial charge in [0.2, 0.25) is 5.91 Å². The van der Waals surface area contributed by atoms with Crippen LogP contribution in [0.3, 0.4) is 0 Å². The Bertz CT molecular complexity index is 927. The van der Waals surface area contributed by atoms with Gasteiger partial charge in [0.15, 0.2) is 5.16 Å². The number of imidazole rings is 1. The molecule has 1 aromatic heterocycles. The average molecular weight is 388 g/mol. The zero-order valence-electron chi connectivity index (χ0n) is 14.4. The van der Waals surface area contributed by atoms with Crippen molar-refractivity contribution in [1.82, 2.24) is 9.55 Å². The fourth-order valence-corrected chi connectivity index (χ4v) is 3.51. The molecule has 1 heterocycles. The molecule has 0 spiro atoms. The molecular formula is C19H18ClN3O2S. The zero-order valence-corrected chi connectivity index (χ0v) is 16.0. The maximum atomic E-state index is 12.2. The van der Waals surface area contributed by atoms with Crippen molar-refractivity contribution in [1.29, 1.82) is 0 Å². The third-order valence-electron chi connectivity index (χ3n) is 3.75. The molecule has 1 amide bonds. The van der Waals surface area contributed by atoms with Gasteiger partial charge < -0.3 is 10.1 Å². The van der Waals surface area contributed by atoms with Gasteiger partial charge in [-0.1, -0.05) is 41.6 Å². The van der Waals surface area contributed by atoms with E-state index in [9.17, 15) is 4.79 Å². The summed E-state index contributed by atoms with van der Waals surface area (Å²) in [5.74, 6) is 0.682. The summed E-state index contributed by atoms with van der Waals surface area (Å²) in [7, 11) is 1.55. The van der Waals surface area contributed by atoms with Crippen LogP contribution in [0.25, 0.3) is 5.69 Å². The largest absolute Gasteiger partial charge is 0.495 e. The molecule has 0 aliphatic carbocycles. The highest BCUT2D eigenvalue weighted by atomic mass is 35.5. The van der Waals surface area contributed by atoms with E-state index in [4.69, 9.17) is 16.3 Å². The number of carbonyl (C=O) groups is 1. The first-order valence-electron chi connectivity index (χ1n) is 7.94. The summed E-state index contributed by atoms with van der Waals surface area (Å²) in [6.45, 7) is 2.05. The number of anilines is 1. The highest BCUT2D eigenvalue weighted by Crippen LogP contribution is 2.27. The van der Waals surface area contributed by atoms with E-state index in [0.29, 0.717) is 16.5 Å². The van der Waals surface area contributed by atoms with Crippen molar-refractivity contribution in [3.63, 3.8) is 0 Å². The monoisotopic (exact) mass is 387 g/mol. The molecule has 3 aromatic rings. The molecule has 0 bridgehead atoms. The van der Waals surface area contributed by atoms with Crippen LogP contribution in [0.2, 0.25) is 5.02 Å². The van der Waals surface area contributed by atoms with Crippen molar-refractivity contribution >= 4 is 35.0 Å². The Labute approximate surface area is 161 Å². The zero-order chi connectivity index (χ0) is 18.5. The number of aryl methyl sites for hydroxylation is 1. The van der Waals surface area contributed by atoms with Gasteiger partial charge in [-0.3, -0.25) is 9.36 Å². The van der Waals surface area contributed by atoms with Crippen molar-refractivity contribution in [3.8, 4) is 11.4 Å². The number of nitrogens with one attached hydrogen (secondary N) is 1. The van der Waals surface area contributed by atoms with E-state index in [1.165, 1.54) is 11.8 Å². The molecule has 3 rings (SSSR count). The van der Waals surface area contributed by atoms with Crippen molar-refractivity contribution in [2.45, 2.75) is 12.1 Å². The second-order valence-corrected chi connectivity index (χ2v) is 6.90. The Morgan fingerprint density at radius 3 is 2.85 bits per heavy atom. The van der Waals surface area contributed by atoms with Gasteiger partial charge in [0.1, 0.15) is 5.75 Å². The van der Waals surface area contributed by atoms with Crippen molar-refractivity contribution in [2.24, 2.45) is 0 Å². The van der Waals surface area contributed by atoms with Gasteiger partial charge in [-0.15, -0.1) is 0 Å². The van der Waals surface area contributed by atoms with Gasteiger partial charge in [-0.2, -0.15) is 0 Å². The van der Waals surface area contributed by atoms with Crippen molar-refractivity contribution < 1.29 is 9.53 Å².